The van der Waals surface area contributed by atoms with E-state index in [1.165, 1.54) is 0 Å². The number of nitrogens with zero attached hydrogens (tertiary/aromatic N) is 1. The van der Waals surface area contributed by atoms with Crippen molar-refractivity contribution in [3.05, 3.63) is 29.8 Å². The molecule has 1 fully saturated rings. The minimum Gasteiger partial charge on any atom is -0.508 e. The molecule has 1 saturated heterocycles. The highest BCUT2D eigenvalue weighted by molar-refractivity contribution is 5.82. The molecule has 1 aromatic carbocycles. The first-order valence-corrected chi connectivity index (χ1v) is 6.71. The van der Waals surface area contributed by atoms with Gasteiger partial charge in [0, 0.05) is 38.3 Å². The number of amides is 1. The van der Waals surface area contributed by atoms with Crippen LogP contribution in [0, 0.1) is 0 Å². The summed E-state index contributed by atoms with van der Waals surface area (Å²) in [5, 5.41) is 15.9. The van der Waals surface area contributed by atoms with E-state index in [1.807, 2.05) is 19.1 Å². The highest BCUT2D eigenvalue weighted by atomic mass is 16.3. The first-order chi connectivity index (χ1) is 9.22. The molecular weight excluding hydrogens is 242 g/mol. The molecule has 0 spiro atoms. The molecule has 3 N–H and O–H groups in total. The Balaban J connectivity index is 2.07. The van der Waals surface area contributed by atoms with Gasteiger partial charge in [0.25, 0.3) is 0 Å². The average Bonchev–Trinajstić information content (AvgIpc) is 2.42. The van der Waals surface area contributed by atoms with Gasteiger partial charge >= 0.3 is 0 Å². The van der Waals surface area contributed by atoms with Crippen LogP contribution in [-0.2, 0) is 11.3 Å². The van der Waals surface area contributed by atoms with Gasteiger partial charge in [-0.05, 0) is 13.0 Å². The number of phenolic OH excluding ortho intramolecular Hbond substituents is 1. The molecule has 104 valence electrons. The maximum Gasteiger partial charge on any atom is 0.238 e. The summed E-state index contributed by atoms with van der Waals surface area (Å²) in [6, 6.07) is 7.11. The third kappa shape index (κ3) is 3.45. The Bertz CT molecular complexity index is 436. The van der Waals surface area contributed by atoms with E-state index >= 15 is 0 Å². The van der Waals surface area contributed by atoms with Gasteiger partial charge in [-0.2, -0.15) is 0 Å². The number of nitrogens with one attached hydrogen (secondary N) is 2. The molecule has 1 aliphatic heterocycles. The lowest BCUT2D eigenvalue weighted by Crippen LogP contribution is -2.57. The summed E-state index contributed by atoms with van der Waals surface area (Å²) in [6.07, 6.45) is 0. The molecule has 1 heterocycles. The van der Waals surface area contributed by atoms with Crippen molar-refractivity contribution >= 4 is 5.91 Å². The number of hydrogen-bond donors (Lipinski definition) is 3. The molecule has 1 amide bonds. The largest absolute Gasteiger partial charge is 0.508 e. The number of carbonyl (C=O) groups is 1. The van der Waals surface area contributed by atoms with Gasteiger partial charge in [0.05, 0.1) is 0 Å². The lowest BCUT2D eigenvalue weighted by molar-refractivity contribution is -0.127. The van der Waals surface area contributed by atoms with E-state index in [-0.39, 0.29) is 17.7 Å². The van der Waals surface area contributed by atoms with Crippen LogP contribution in [0.1, 0.15) is 12.5 Å². The molecule has 2 rings (SSSR count). The highest BCUT2D eigenvalue weighted by Gasteiger charge is 2.28. The van der Waals surface area contributed by atoms with E-state index in [2.05, 4.69) is 15.5 Å². The summed E-state index contributed by atoms with van der Waals surface area (Å²) < 4.78 is 0. The predicted molar refractivity (Wildman–Crippen MR) is 73.9 cm³/mol. The van der Waals surface area contributed by atoms with Crippen molar-refractivity contribution in [2.24, 2.45) is 0 Å². The topological polar surface area (TPSA) is 64.6 Å². The quantitative estimate of drug-likeness (QED) is 0.731. The summed E-state index contributed by atoms with van der Waals surface area (Å²) >= 11 is 0. The molecule has 0 saturated carbocycles. The van der Waals surface area contributed by atoms with Crippen molar-refractivity contribution in [2.75, 3.05) is 26.2 Å². The van der Waals surface area contributed by atoms with Gasteiger partial charge in [-0.3, -0.25) is 9.69 Å². The SMILES string of the molecule is CCNC(=O)C1CNCCN1Cc1ccccc1O. The number of likely N-dealkylation sites (N-methyl/N-ethyl adjacent to an activating group) is 1. The Morgan fingerprint density at radius 1 is 1.53 bits per heavy atom. The Morgan fingerprint density at radius 3 is 3.05 bits per heavy atom. The fourth-order valence-electron chi connectivity index (χ4n) is 2.35. The summed E-state index contributed by atoms with van der Waals surface area (Å²) in [4.78, 5) is 14.1. The molecule has 0 bridgehead atoms. The predicted octanol–water partition coefficient (Wildman–Crippen LogP) is 0.302. The van der Waals surface area contributed by atoms with Gasteiger partial charge in [0.2, 0.25) is 5.91 Å². The second-order valence-electron chi connectivity index (χ2n) is 4.71. The molecule has 0 aliphatic carbocycles. The van der Waals surface area contributed by atoms with Gasteiger partial charge in [-0.1, -0.05) is 18.2 Å². The summed E-state index contributed by atoms with van der Waals surface area (Å²) in [5.74, 6) is 0.334. The third-order valence-corrected chi connectivity index (χ3v) is 3.37. The van der Waals surface area contributed by atoms with Crippen LogP contribution in [0.4, 0.5) is 0 Å². The average molecular weight is 263 g/mol. The molecule has 0 radical (unpaired) electrons. The molecule has 19 heavy (non-hydrogen) atoms. The molecule has 1 aromatic rings. The Hall–Kier alpha value is -1.59. The minimum atomic E-state index is -0.173. The van der Waals surface area contributed by atoms with E-state index in [9.17, 15) is 9.90 Å². The zero-order valence-corrected chi connectivity index (χ0v) is 11.2. The highest BCUT2D eigenvalue weighted by Crippen LogP contribution is 2.19. The molecule has 0 aromatic heterocycles. The zero-order chi connectivity index (χ0) is 13.7. The van der Waals surface area contributed by atoms with Crippen molar-refractivity contribution in [1.29, 1.82) is 0 Å². The molecule has 1 atom stereocenters. The van der Waals surface area contributed by atoms with Crippen LogP contribution in [0.3, 0.4) is 0 Å². The number of para-hydroxylation sites is 1. The fourth-order valence-corrected chi connectivity index (χ4v) is 2.35. The van der Waals surface area contributed by atoms with Crippen molar-refractivity contribution in [1.82, 2.24) is 15.5 Å². The first kappa shape index (κ1) is 13.8. The van der Waals surface area contributed by atoms with Gasteiger partial charge in [0.1, 0.15) is 11.8 Å². The molecule has 1 aliphatic rings. The lowest BCUT2D eigenvalue weighted by atomic mass is 10.1. The maximum absolute atomic E-state index is 12.0. The first-order valence-electron chi connectivity index (χ1n) is 6.71. The summed E-state index contributed by atoms with van der Waals surface area (Å²) in [7, 11) is 0. The molecular formula is C14H21N3O2. The van der Waals surface area contributed by atoms with E-state index in [4.69, 9.17) is 0 Å². The lowest BCUT2D eigenvalue weighted by Gasteiger charge is -2.35. The van der Waals surface area contributed by atoms with Crippen molar-refractivity contribution < 1.29 is 9.90 Å². The Morgan fingerprint density at radius 2 is 2.32 bits per heavy atom. The van der Waals surface area contributed by atoms with Crippen LogP contribution in [0.5, 0.6) is 5.75 Å². The van der Waals surface area contributed by atoms with Crippen molar-refractivity contribution in [3.63, 3.8) is 0 Å². The van der Waals surface area contributed by atoms with Crippen molar-refractivity contribution in [2.45, 2.75) is 19.5 Å². The van der Waals surface area contributed by atoms with Crippen LogP contribution in [0.25, 0.3) is 0 Å². The Kier molecular flexibility index (Phi) is 4.76. The number of piperazine rings is 1. The van der Waals surface area contributed by atoms with Crippen LogP contribution in [0.2, 0.25) is 0 Å². The summed E-state index contributed by atoms with van der Waals surface area (Å²) in [6.45, 7) is 5.47. The van der Waals surface area contributed by atoms with E-state index in [1.54, 1.807) is 12.1 Å². The molecule has 1 unspecified atom stereocenters. The zero-order valence-electron chi connectivity index (χ0n) is 11.2. The Labute approximate surface area is 113 Å². The monoisotopic (exact) mass is 263 g/mol. The van der Waals surface area contributed by atoms with Gasteiger partial charge < -0.3 is 15.7 Å². The van der Waals surface area contributed by atoms with Gasteiger partial charge in [-0.15, -0.1) is 0 Å². The number of phenols is 1. The summed E-state index contributed by atoms with van der Waals surface area (Å²) in [5.41, 5.74) is 0.860. The van der Waals surface area contributed by atoms with Gasteiger partial charge in [-0.25, -0.2) is 0 Å². The number of aromatic hydroxyl groups is 1. The van der Waals surface area contributed by atoms with Crippen LogP contribution >= 0.6 is 0 Å². The number of hydrogen-bond acceptors (Lipinski definition) is 4. The second-order valence-corrected chi connectivity index (χ2v) is 4.71. The molecule has 5 nitrogen and oxygen atoms in total. The number of rotatable bonds is 4. The maximum atomic E-state index is 12.0. The number of benzene rings is 1. The molecule has 5 heteroatoms. The van der Waals surface area contributed by atoms with E-state index in [0.29, 0.717) is 19.6 Å². The normalized spacial score (nSPS) is 20.2. The standard InChI is InChI=1S/C14H21N3O2/c1-2-16-14(19)12-9-15-7-8-17(12)10-11-5-3-4-6-13(11)18/h3-6,12,15,18H,2,7-10H2,1H3,(H,16,19). The smallest absolute Gasteiger partial charge is 0.238 e. The fraction of sp³-hybridized carbons (Fsp3) is 0.500. The second kappa shape index (κ2) is 6.54. The van der Waals surface area contributed by atoms with E-state index < -0.39 is 0 Å². The van der Waals surface area contributed by atoms with Gasteiger partial charge in [0.15, 0.2) is 0 Å². The van der Waals surface area contributed by atoms with Crippen molar-refractivity contribution in [3.8, 4) is 5.75 Å². The minimum absolute atomic E-state index is 0.0464. The van der Waals surface area contributed by atoms with Crippen LogP contribution < -0.4 is 10.6 Å². The third-order valence-electron chi connectivity index (χ3n) is 3.37. The van der Waals surface area contributed by atoms with E-state index in [0.717, 1.165) is 18.7 Å². The van der Waals surface area contributed by atoms with Crippen LogP contribution in [-0.4, -0.2) is 48.1 Å². The van der Waals surface area contributed by atoms with Crippen LogP contribution in [0.15, 0.2) is 24.3 Å². The number of carbonyl (C=O) groups excluding carboxylic acids is 1.